The van der Waals surface area contributed by atoms with E-state index < -0.39 is 0 Å². The Morgan fingerprint density at radius 3 is 2.79 bits per heavy atom. The molecule has 3 N–H and O–H groups in total. The van der Waals surface area contributed by atoms with Crippen LogP contribution in [0.25, 0.3) is 10.9 Å². The lowest BCUT2D eigenvalue weighted by atomic mass is 9.84. The van der Waals surface area contributed by atoms with Crippen molar-refractivity contribution in [1.29, 1.82) is 0 Å². The summed E-state index contributed by atoms with van der Waals surface area (Å²) in [5.41, 5.74) is 9.74. The highest BCUT2D eigenvalue weighted by Crippen LogP contribution is 2.40. The summed E-state index contributed by atoms with van der Waals surface area (Å²) in [6.45, 7) is 2.80. The van der Waals surface area contributed by atoms with Crippen molar-refractivity contribution >= 4 is 22.5 Å². The third-order valence-electron chi connectivity index (χ3n) is 4.70. The predicted molar refractivity (Wildman–Crippen MR) is 81.8 cm³/mol. The fraction of sp³-hybridized carbons (Fsp3) is 0.500. The standard InChI is InChI=1S/C16H21ClN2/c1-10-15(17)7-6-12-14(9-19-16(10)12)13(8-18)11-4-2-3-5-11/h6-7,9,11,13,19H,2-5,8,18H2,1H3. The van der Waals surface area contributed by atoms with E-state index in [1.165, 1.54) is 42.1 Å². The van der Waals surface area contributed by atoms with E-state index in [0.717, 1.165) is 23.0 Å². The molecular weight excluding hydrogens is 256 g/mol. The van der Waals surface area contributed by atoms with Crippen LogP contribution in [0, 0.1) is 12.8 Å². The van der Waals surface area contributed by atoms with Crippen LogP contribution in [0.3, 0.4) is 0 Å². The molecule has 102 valence electrons. The van der Waals surface area contributed by atoms with Crippen LogP contribution in [0.1, 0.15) is 42.7 Å². The van der Waals surface area contributed by atoms with Crippen LogP contribution >= 0.6 is 11.6 Å². The summed E-state index contributed by atoms with van der Waals surface area (Å²) in [6, 6.07) is 4.13. The molecule has 0 amide bonds. The number of fused-ring (bicyclic) bond motifs is 1. The third kappa shape index (κ3) is 2.17. The lowest BCUT2D eigenvalue weighted by Gasteiger charge is -2.21. The van der Waals surface area contributed by atoms with Crippen LogP contribution in [0.4, 0.5) is 0 Å². The second-order valence-electron chi connectivity index (χ2n) is 5.73. The van der Waals surface area contributed by atoms with Gasteiger partial charge in [-0.3, -0.25) is 0 Å². The summed E-state index contributed by atoms with van der Waals surface area (Å²) in [5.74, 6) is 1.23. The van der Waals surface area contributed by atoms with Crippen LogP contribution in [0.15, 0.2) is 18.3 Å². The monoisotopic (exact) mass is 276 g/mol. The smallest absolute Gasteiger partial charge is 0.0501 e. The van der Waals surface area contributed by atoms with Gasteiger partial charge in [-0.05, 0) is 49.4 Å². The van der Waals surface area contributed by atoms with Gasteiger partial charge < -0.3 is 10.7 Å². The first kappa shape index (κ1) is 13.0. The number of aromatic amines is 1. The first-order valence-corrected chi connectivity index (χ1v) is 7.56. The van der Waals surface area contributed by atoms with E-state index in [1.807, 2.05) is 6.07 Å². The number of aryl methyl sites for hydroxylation is 1. The molecule has 1 fully saturated rings. The summed E-state index contributed by atoms with van der Waals surface area (Å²) in [7, 11) is 0. The van der Waals surface area contributed by atoms with Gasteiger partial charge in [0.25, 0.3) is 0 Å². The normalized spacial score (nSPS) is 18.3. The number of hydrogen-bond donors (Lipinski definition) is 2. The molecule has 1 aromatic heterocycles. The molecule has 0 bridgehead atoms. The molecular formula is C16H21ClN2. The van der Waals surface area contributed by atoms with Gasteiger partial charge in [0.2, 0.25) is 0 Å². The van der Waals surface area contributed by atoms with Crippen molar-refractivity contribution in [3.63, 3.8) is 0 Å². The number of hydrogen-bond acceptors (Lipinski definition) is 1. The molecule has 19 heavy (non-hydrogen) atoms. The van der Waals surface area contributed by atoms with Gasteiger partial charge in [-0.25, -0.2) is 0 Å². The lowest BCUT2D eigenvalue weighted by molar-refractivity contribution is 0.442. The maximum atomic E-state index is 6.19. The van der Waals surface area contributed by atoms with Gasteiger partial charge in [-0.15, -0.1) is 0 Å². The van der Waals surface area contributed by atoms with Crippen molar-refractivity contribution in [3.8, 4) is 0 Å². The number of nitrogens with two attached hydrogens (primary N) is 1. The van der Waals surface area contributed by atoms with Crippen molar-refractivity contribution in [2.45, 2.75) is 38.5 Å². The van der Waals surface area contributed by atoms with Crippen molar-refractivity contribution in [1.82, 2.24) is 4.98 Å². The topological polar surface area (TPSA) is 41.8 Å². The molecule has 1 atom stereocenters. The van der Waals surface area contributed by atoms with E-state index >= 15 is 0 Å². The van der Waals surface area contributed by atoms with Crippen LogP contribution < -0.4 is 5.73 Å². The molecule has 0 spiro atoms. The molecule has 3 rings (SSSR count). The summed E-state index contributed by atoms with van der Waals surface area (Å²) < 4.78 is 0. The van der Waals surface area contributed by atoms with Crippen LogP contribution in [-0.4, -0.2) is 11.5 Å². The van der Waals surface area contributed by atoms with Crippen LogP contribution in [-0.2, 0) is 0 Å². The molecule has 1 saturated carbocycles. The molecule has 0 radical (unpaired) electrons. The molecule has 2 nitrogen and oxygen atoms in total. The van der Waals surface area contributed by atoms with Gasteiger partial charge in [-0.1, -0.05) is 30.5 Å². The zero-order chi connectivity index (χ0) is 13.4. The number of aromatic nitrogens is 1. The minimum absolute atomic E-state index is 0.483. The highest BCUT2D eigenvalue weighted by molar-refractivity contribution is 6.32. The molecule has 1 aromatic carbocycles. The molecule has 0 aliphatic heterocycles. The Bertz CT molecular complexity index is 582. The molecule has 1 aliphatic rings. The Morgan fingerprint density at radius 2 is 2.11 bits per heavy atom. The number of halogens is 1. The van der Waals surface area contributed by atoms with Crippen molar-refractivity contribution in [2.75, 3.05) is 6.54 Å². The second kappa shape index (κ2) is 5.18. The zero-order valence-corrected chi connectivity index (χ0v) is 12.1. The Labute approximate surface area is 119 Å². The Morgan fingerprint density at radius 1 is 1.37 bits per heavy atom. The van der Waals surface area contributed by atoms with E-state index in [-0.39, 0.29) is 0 Å². The highest BCUT2D eigenvalue weighted by atomic mass is 35.5. The number of H-pyrrole nitrogens is 1. The quantitative estimate of drug-likeness (QED) is 0.859. The summed E-state index contributed by atoms with van der Waals surface area (Å²) in [4.78, 5) is 3.40. The Balaban J connectivity index is 2.06. The van der Waals surface area contributed by atoms with Gasteiger partial charge in [-0.2, -0.15) is 0 Å². The first-order chi connectivity index (χ1) is 9.22. The van der Waals surface area contributed by atoms with E-state index in [4.69, 9.17) is 17.3 Å². The molecule has 1 aliphatic carbocycles. The SMILES string of the molecule is Cc1c(Cl)ccc2c(C(CN)C3CCCC3)c[nH]c12. The molecule has 0 saturated heterocycles. The van der Waals surface area contributed by atoms with Gasteiger partial charge in [0, 0.05) is 22.5 Å². The van der Waals surface area contributed by atoms with Gasteiger partial charge in [0.05, 0.1) is 5.52 Å². The maximum absolute atomic E-state index is 6.19. The van der Waals surface area contributed by atoms with Gasteiger partial charge in [0.15, 0.2) is 0 Å². The number of rotatable bonds is 3. The van der Waals surface area contributed by atoms with Gasteiger partial charge >= 0.3 is 0 Å². The minimum atomic E-state index is 0.483. The van der Waals surface area contributed by atoms with E-state index in [2.05, 4.69) is 24.2 Å². The van der Waals surface area contributed by atoms with E-state index in [9.17, 15) is 0 Å². The van der Waals surface area contributed by atoms with E-state index in [0.29, 0.717) is 5.92 Å². The average Bonchev–Trinajstić information content (AvgIpc) is 3.05. The van der Waals surface area contributed by atoms with Gasteiger partial charge in [0.1, 0.15) is 0 Å². The van der Waals surface area contributed by atoms with Crippen LogP contribution in [0.2, 0.25) is 5.02 Å². The summed E-state index contributed by atoms with van der Waals surface area (Å²) >= 11 is 6.19. The molecule has 1 heterocycles. The Kier molecular flexibility index (Phi) is 3.55. The fourth-order valence-electron chi connectivity index (χ4n) is 3.58. The fourth-order valence-corrected chi connectivity index (χ4v) is 3.74. The number of nitrogens with one attached hydrogen (secondary N) is 1. The second-order valence-corrected chi connectivity index (χ2v) is 6.13. The van der Waals surface area contributed by atoms with Crippen LogP contribution in [0.5, 0.6) is 0 Å². The molecule has 2 aromatic rings. The minimum Gasteiger partial charge on any atom is -0.361 e. The maximum Gasteiger partial charge on any atom is 0.0501 e. The number of benzene rings is 1. The third-order valence-corrected chi connectivity index (χ3v) is 5.11. The Hall–Kier alpha value is -0.990. The van der Waals surface area contributed by atoms with Crippen molar-refractivity contribution in [2.24, 2.45) is 11.7 Å². The highest BCUT2D eigenvalue weighted by Gasteiger charge is 2.27. The summed E-state index contributed by atoms with van der Waals surface area (Å²) in [6.07, 6.45) is 7.49. The molecule has 3 heteroatoms. The van der Waals surface area contributed by atoms with E-state index in [1.54, 1.807) is 0 Å². The summed E-state index contributed by atoms with van der Waals surface area (Å²) in [5, 5.41) is 2.12. The lowest BCUT2D eigenvalue weighted by Crippen LogP contribution is -2.19. The molecule has 1 unspecified atom stereocenters. The first-order valence-electron chi connectivity index (χ1n) is 7.18. The van der Waals surface area contributed by atoms with Crippen molar-refractivity contribution in [3.05, 3.63) is 34.5 Å². The predicted octanol–water partition coefficient (Wildman–Crippen LogP) is 4.36. The largest absolute Gasteiger partial charge is 0.361 e. The van der Waals surface area contributed by atoms with Crippen molar-refractivity contribution < 1.29 is 0 Å². The average molecular weight is 277 g/mol. The zero-order valence-electron chi connectivity index (χ0n) is 11.4.